The molecule has 2 aromatic carbocycles. The summed E-state index contributed by atoms with van der Waals surface area (Å²) >= 11 is 0. The molecule has 1 unspecified atom stereocenters. The molecule has 0 radical (unpaired) electrons. The molecule has 0 spiro atoms. The van der Waals surface area contributed by atoms with Crippen LogP contribution in [-0.2, 0) is 0 Å². The molecule has 2 aromatic rings. The van der Waals surface area contributed by atoms with Crippen molar-refractivity contribution in [3.05, 3.63) is 60.2 Å². The number of rotatable bonds is 2. The van der Waals surface area contributed by atoms with Crippen molar-refractivity contribution < 1.29 is 0 Å². The topological polar surface area (TPSA) is 0 Å². The van der Waals surface area contributed by atoms with Crippen LogP contribution >= 0.6 is 0 Å². The first-order chi connectivity index (χ1) is 7.27. The third kappa shape index (κ3) is 2.36. The maximum atomic E-state index is 2.39. The Kier molecular flexibility index (Phi) is 3.02. The summed E-state index contributed by atoms with van der Waals surface area (Å²) < 4.78 is 0. The lowest BCUT2D eigenvalue weighted by molar-refractivity contribution is 1.49. The van der Waals surface area contributed by atoms with Crippen LogP contribution in [0.4, 0.5) is 0 Å². The number of benzene rings is 2. The third-order valence-electron chi connectivity index (χ3n) is 2.84. The first-order valence-corrected chi connectivity index (χ1v) is 7.70. The van der Waals surface area contributed by atoms with Crippen molar-refractivity contribution in [3.63, 3.8) is 0 Å². The zero-order valence-electron chi connectivity index (χ0n) is 9.27. The molecule has 0 amide bonds. The molecule has 0 aliphatic rings. The van der Waals surface area contributed by atoms with E-state index in [1.54, 1.807) is 0 Å². The Morgan fingerprint density at radius 2 is 1.47 bits per heavy atom. The second kappa shape index (κ2) is 4.45. The van der Waals surface area contributed by atoms with Gasteiger partial charge < -0.3 is 0 Å². The average Bonchev–Trinajstić information content (AvgIpc) is 2.29. The first kappa shape index (κ1) is 10.2. The van der Waals surface area contributed by atoms with E-state index in [1.807, 2.05) is 0 Å². The van der Waals surface area contributed by atoms with E-state index in [1.165, 1.54) is 15.9 Å². The molecule has 15 heavy (non-hydrogen) atoms. The lowest BCUT2D eigenvalue weighted by Gasteiger charge is -2.11. The van der Waals surface area contributed by atoms with Crippen LogP contribution in [0.3, 0.4) is 0 Å². The van der Waals surface area contributed by atoms with Crippen LogP contribution in [0.25, 0.3) is 0 Å². The highest BCUT2D eigenvalue weighted by Crippen LogP contribution is 1.96. The van der Waals surface area contributed by atoms with Gasteiger partial charge in [-0.2, -0.15) is 0 Å². The zero-order chi connectivity index (χ0) is 10.7. The van der Waals surface area contributed by atoms with E-state index in [4.69, 9.17) is 0 Å². The standard InChI is InChI=1S/C14H16Si/c1-12-7-6-10-14(11-12)15(2)13-8-4-3-5-9-13/h3-11,15H,1-2H3. The quantitative estimate of drug-likeness (QED) is 0.668. The third-order valence-corrected chi connectivity index (χ3v) is 5.59. The fourth-order valence-corrected chi connectivity index (χ4v) is 3.97. The molecule has 0 N–H and O–H groups in total. The SMILES string of the molecule is Cc1cccc([SiH](C)c2ccccc2)c1. The van der Waals surface area contributed by atoms with E-state index in [0.717, 1.165) is 0 Å². The van der Waals surface area contributed by atoms with Gasteiger partial charge in [-0.25, -0.2) is 0 Å². The smallest absolute Gasteiger partial charge is 0.0642 e. The molecule has 0 fully saturated rings. The monoisotopic (exact) mass is 212 g/mol. The maximum absolute atomic E-state index is 2.39. The molecular formula is C14H16Si. The number of hydrogen-bond acceptors (Lipinski definition) is 0. The predicted molar refractivity (Wildman–Crippen MR) is 69.9 cm³/mol. The Balaban J connectivity index is 2.32. The van der Waals surface area contributed by atoms with Gasteiger partial charge in [-0.1, -0.05) is 77.1 Å². The summed E-state index contributed by atoms with van der Waals surface area (Å²) in [5.74, 6) is 0. The van der Waals surface area contributed by atoms with Crippen LogP contribution in [0, 0.1) is 6.92 Å². The normalized spacial score (nSPS) is 12.4. The molecule has 1 heteroatoms. The highest BCUT2D eigenvalue weighted by Gasteiger charge is 2.08. The van der Waals surface area contributed by atoms with E-state index < -0.39 is 8.80 Å². The van der Waals surface area contributed by atoms with Crippen molar-refractivity contribution in [2.24, 2.45) is 0 Å². The highest BCUT2D eigenvalue weighted by molar-refractivity contribution is 6.84. The van der Waals surface area contributed by atoms with Crippen LogP contribution in [0.2, 0.25) is 6.55 Å². The molecule has 2 rings (SSSR count). The fraction of sp³-hybridized carbons (Fsp3) is 0.143. The lowest BCUT2D eigenvalue weighted by Crippen LogP contribution is -2.39. The molecule has 0 bridgehead atoms. The van der Waals surface area contributed by atoms with E-state index >= 15 is 0 Å². The van der Waals surface area contributed by atoms with Crippen molar-refractivity contribution >= 4 is 19.2 Å². The van der Waals surface area contributed by atoms with Gasteiger partial charge in [0.1, 0.15) is 0 Å². The highest BCUT2D eigenvalue weighted by atomic mass is 28.3. The van der Waals surface area contributed by atoms with Gasteiger partial charge >= 0.3 is 0 Å². The van der Waals surface area contributed by atoms with Crippen molar-refractivity contribution in [3.8, 4) is 0 Å². The Morgan fingerprint density at radius 1 is 0.800 bits per heavy atom. The summed E-state index contributed by atoms with van der Waals surface area (Å²) in [6.45, 7) is 4.56. The summed E-state index contributed by atoms with van der Waals surface area (Å²) in [7, 11) is -0.947. The molecule has 76 valence electrons. The predicted octanol–water partition coefficient (Wildman–Crippen LogP) is 1.97. The lowest BCUT2D eigenvalue weighted by atomic mass is 10.2. The van der Waals surface area contributed by atoms with Crippen LogP contribution in [0.5, 0.6) is 0 Å². The van der Waals surface area contributed by atoms with Crippen molar-refractivity contribution in [2.45, 2.75) is 13.5 Å². The second-order valence-corrected chi connectivity index (χ2v) is 6.82. The Hall–Kier alpha value is -1.34. The van der Waals surface area contributed by atoms with E-state index in [0.29, 0.717) is 0 Å². The van der Waals surface area contributed by atoms with E-state index in [9.17, 15) is 0 Å². The number of hydrogen-bond donors (Lipinski definition) is 0. The van der Waals surface area contributed by atoms with Gasteiger partial charge in [-0.05, 0) is 6.92 Å². The Bertz CT molecular complexity index is 434. The summed E-state index contributed by atoms with van der Waals surface area (Å²) in [5, 5.41) is 3.05. The maximum Gasteiger partial charge on any atom is 0.0997 e. The summed E-state index contributed by atoms with van der Waals surface area (Å²) in [6, 6.07) is 19.8. The first-order valence-electron chi connectivity index (χ1n) is 5.39. The van der Waals surface area contributed by atoms with Crippen molar-refractivity contribution in [2.75, 3.05) is 0 Å². The Labute approximate surface area is 93.2 Å². The molecule has 0 aliphatic heterocycles. The molecule has 0 saturated carbocycles. The van der Waals surface area contributed by atoms with Gasteiger partial charge in [0.15, 0.2) is 0 Å². The summed E-state index contributed by atoms with van der Waals surface area (Å²) in [4.78, 5) is 0. The molecular weight excluding hydrogens is 196 g/mol. The van der Waals surface area contributed by atoms with Gasteiger partial charge in [0.25, 0.3) is 0 Å². The zero-order valence-corrected chi connectivity index (χ0v) is 10.4. The van der Waals surface area contributed by atoms with Crippen LogP contribution in [-0.4, -0.2) is 8.80 Å². The van der Waals surface area contributed by atoms with E-state index in [2.05, 4.69) is 68.1 Å². The van der Waals surface area contributed by atoms with E-state index in [-0.39, 0.29) is 0 Å². The second-order valence-electron chi connectivity index (χ2n) is 4.05. The summed E-state index contributed by atoms with van der Waals surface area (Å²) in [6.07, 6.45) is 0. The van der Waals surface area contributed by atoms with Gasteiger partial charge in [0, 0.05) is 0 Å². The molecule has 0 nitrogen and oxygen atoms in total. The van der Waals surface area contributed by atoms with Gasteiger partial charge in [-0.15, -0.1) is 0 Å². The van der Waals surface area contributed by atoms with Crippen molar-refractivity contribution in [1.29, 1.82) is 0 Å². The molecule has 0 aromatic heterocycles. The van der Waals surface area contributed by atoms with Crippen LogP contribution in [0.1, 0.15) is 5.56 Å². The van der Waals surface area contributed by atoms with Gasteiger partial charge in [0.2, 0.25) is 0 Å². The fourth-order valence-electron chi connectivity index (χ4n) is 1.87. The molecule has 0 saturated heterocycles. The van der Waals surface area contributed by atoms with Crippen LogP contribution in [0.15, 0.2) is 54.6 Å². The van der Waals surface area contributed by atoms with Gasteiger partial charge in [0.05, 0.1) is 8.80 Å². The molecule has 0 aliphatic carbocycles. The largest absolute Gasteiger partial charge is 0.0997 e. The number of aryl methyl sites for hydroxylation is 1. The van der Waals surface area contributed by atoms with Crippen molar-refractivity contribution in [1.82, 2.24) is 0 Å². The van der Waals surface area contributed by atoms with Gasteiger partial charge in [-0.3, -0.25) is 0 Å². The average molecular weight is 212 g/mol. The van der Waals surface area contributed by atoms with Crippen LogP contribution < -0.4 is 10.4 Å². The minimum absolute atomic E-state index is 0.947. The Morgan fingerprint density at radius 3 is 2.13 bits per heavy atom. The molecule has 1 atom stereocenters. The minimum atomic E-state index is -0.947. The molecule has 0 heterocycles. The summed E-state index contributed by atoms with van der Waals surface area (Å²) in [5.41, 5.74) is 1.36. The minimum Gasteiger partial charge on any atom is -0.0642 e.